The van der Waals surface area contributed by atoms with Gasteiger partial charge in [0.05, 0.1) is 18.3 Å². The summed E-state index contributed by atoms with van der Waals surface area (Å²) in [5.74, 6) is -0.307. The van der Waals surface area contributed by atoms with Gasteiger partial charge in [0.2, 0.25) is 5.91 Å². The van der Waals surface area contributed by atoms with Crippen molar-refractivity contribution in [1.29, 1.82) is 0 Å². The second-order valence-electron chi connectivity index (χ2n) is 7.62. The van der Waals surface area contributed by atoms with Crippen molar-refractivity contribution in [3.63, 3.8) is 0 Å². The third-order valence-corrected chi connectivity index (χ3v) is 5.19. The first kappa shape index (κ1) is 25.1. The molecule has 0 unspecified atom stereocenters. The molecule has 0 radical (unpaired) electrons. The van der Waals surface area contributed by atoms with E-state index in [1.807, 2.05) is 19.1 Å². The van der Waals surface area contributed by atoms with Gasteiger partial charge in [-0.2, -0.15) is 0 Å². The standard InChI is InChI=1S/C21H27N3O4.C2H4O2/c1-3-10-23-20(25)16-8-9-17(18(11-16)27-2)24-21(26)15-6-4-14(5-7-15)19-12-22-13-28-19;1-2(3)4/h4-7,12-13,16-18H,3,8-11H2,1-2H3,(H,23,25)(H,24,26);1H3,(H,3,4)/t16-,17+,18+;/m0./s1. The average molecular weight is 446 g/mol. The van der Waals surface area contributed by atoms with E-state index in [1.165, 1.54) is 6.39 Å². The molecule has 3 atom stereocenters. The van der Waals surface area contributed by atoms with Gasteiger partial charge in [0.25, 0.3) is 11.9 Å². The van der Waals surface area contributed by atoms with Gasteiger partial charge >= 0.3 is 0 Å². The van der Waals surface area contributed by atoms with Crippen molar-refractivity contribution in [3.8, 4) is 11.3 Å². The fraction of sp³-hybridized carbons (Fsp3) is 0.478. The van der Waals surface area contributed by atoms with Gasteiger partial charge in [-0.15, -0.1) is 0 Å². The predicted octanol–water partition coefficient (Wildman–Crippen LogP) is 2.87. The van der Waals surface area contributed by atoms with Gasteiger partial charge in [-0.3, -0.25) is 14.4 Å². The van der Waals surface area contributed by atoms with E-state index in [0.717, 1.165) is 25.3 Å². The summed E-state index contributed by atoms with van der Waals surface area (Å²) in [4.78, 5) is 37.8. The molecule has 1 aliphatic rings. The molecule has 0 aliphatic heterocycles. The number of aromatic nitrogens is 1. The van der Waals surface area contributed by atoms with E-state index in [4.69, 9.17) is 19.1 Å². The van der Waals surface area contributed by atoms with E-state index in [-0.39, 0.29) is 29.9 Å². The molecule has 2 amide bonds. The van der Waals surface area contributed by atoms with Crippen molar-refractivity contribution < 1.29 is 28.6 Å². The lowest BCUT2D eigenvalue weighted by Crippen LogP contribution is -2.49. The molecule has 1 aliphatic carbocycles. The number of carboxylic acid groups (broad SMARTS) is 1. The van der Waals surface area contributed by atoms with Crippen LogP contribution in [-0.2, 0) is 14.3 Å². The second-order valence-corrected chi connectivity index (χ2v) is 7.62. The van der Waals surface area contributed by atoms with Gasteiger partial charge in [0, 0.05) is 37.6 Å². The van der Waals surface area contributed by atoms with Crippen LogP contribution < -0.4 is 10.6 Å². The molecule has 1 fully saturated rings. The lowest BCUT2D eigenvalue weighted by atomic mass is 9.83. The molecule has 9 nitrogen and oxygen atoms in total. The van der Waals surface area contributed by atoms with Crippen LogP contribution in [0, 0.1) is 5.92 Å². The van der Waals surface area contributed by atoms with Crippen molar-refractivity contribution in [2.24, 2.45) is 5.92 Å². The Bertz CT molecular complexity index is 862. The highest BCUT2D eigenvalue weighted by Gasteiger charge is 2.34. The van der Waals surface area contributed by atoms with Crippen molar-refractivity contribution >= 4 is 17.8 Å². The lowest BCUT2D eigenvalue weighted by Gasteiger charge is -2.35. The maximum absolute atomic E-state index is 12.6. The fourth-order valence-corrected chi connectivity index (χ4v) is 3.58. The molecule has 9 heteroatoms. The Morgan fingerprint density at radius 2 is 1.91 bits per heavy atom. The number of rotatable bonds is 7. The second kappa shape index (κ2) is 12.6. The van der Waals surface area contributed by atoms with Crippen LogP contribution >= 0.6 is 0 Å². The molecule has 2 aromatic rings. The maximum atomic E-state index is 12.6. The summed E-state index contributed by atoms with van der Waals surface area (Å²) in [5, 5.41) is 13.4. The minimum Gasteiger partial charge on any atom is -0.481 e. The lowest BCUT2D eigenvalue weighted by molar-refractivity contribution is -0.134. The highest BCUT2D eigenvalue weighted by atomic mass is 16.5. The third kappa shape index (κ3) is 7.49. The smallest absolute Gasteiger partial charge is 0.300 e. The van der Waals surface area contributed by atoms with Gasteiger partial charge in [-0.25, -0.2) is 4.98 Å². The van der Waals surface area contributed by atoms with Crippen LogP contribution in [-0.4, -0.2) is 53.7 Å². The van der Waals surface area contributed by atoms with Crippen molar-refractivity contribution in [3.05, 3.63) is 42.4 Å². The first-order chi connectivity index (χ1) is 15.3. The zero-order valence-electron chi connectivity index (χ0n) is 18.7. The topological polar surface area (TPSA) is 131 Å². The summed E-state index contributed by atoms with van der Waals surface area (Å²) < 4.78 is 10.8. The molecule has 0 spiro atoms. The monoisotopic (exact) mass is 445 g/mol. The maximum Gasteiger partial charge on any atom is 0.300 e. The predicted molar refractivity (Wildman–Crippen MR) is 118 cm³/mol. The van der Waals surface area contributed by atoms with Gasteiger partial charge < -0.3 is 24.9 Å². The highest BCUT2D eigenvalue weighted by molar-refractivity contribution is 5.94. The number of nitrogens with zero attached hydrogens (tertiary/aromatic N) is 1. The molecular formula is C23H31N3O6. The Hall–Kier alpha value is -3.20. The molecule has 1 aromatic heterocycles. The zero-order chi connectivity index (χ0) is 23.5. The molecule has 0 bridgehead atoms. The van der Waals surface area contributed by atoms with Crippen LogP contribution in [0.15, 0.2) is 41.3 Å². The number of hydrogen-bond acceptors (Lipinski definition) is 6. The summed E-state index contributed by atoms with van der Waals surface area (Å²) in [6, 6.07) is 7.08. The molecule has 1 aromatic carbocycles. The number of methoxy groups -OCH3 is 1. The summed E-state index contributed by atoms with van der Waals surface area (Å²) >= 11 is 0. The molecule has 174 valence electrons. The average Bonchev–Trinajstić information content (AvgIpc) is 3.32. The SMILES string of the molecule is CC(=O)O.CCCNC(=O)[C@H]1CC[C@@H](NC(=O)c2ccc(-c3cnco3)cc2)[C@H](OC)C1. The van der Waals surface area contributed by atoms with E-state index in [1.54, 1.807) is 25.4 Å². The molecule has 1 saturated carbocycles. The van der Waals surface area contributed by atoms with Crippen LogP contribution in [0.1, 0.15) is 49.9 Å². The van der Waals surface area contributed by atoms with Crippen molar-refractivity contribution in [2.45, 2.75) is 51.7 Å². The van der Waals surface area contributed by atoms with E-state index < -0.39 is 5.97 Å². The quantitative estimate of drug-likeness (QED) is 0.597. The molecule has 3 rings (SSSR count). The number of hydrogen-bond donors (Lipinski definition) is 3. The number of aliphatic carboxylic acids is 1. The van der Waals surface area contributed by atoms with Gasteiger partial charge in [-0.05, 0) is 37.8 Å². The summed E-state index contributed by atoms with van der Waals surface area (Å²) in [7, 11) is 1.63. The number of amides is 2. The minimum atomic E-state index is -0.833. The number of oxazole rings is 1. The van der Waals surface area contributed by atoms with E-state index >= 15 is 0 Å². The first-order valence-electron chi connectivity index (χ1n) is 10.7. The minimum absolute atomic E-state index is 0.0640. The summed E-state index contributed by atoms with van der Waals surface area (Å²) in [6.07, 6.45) is 5.81. The number of nitrogens with one attached hydrogen (secondary N) is 2. The van der Waals surface area contributed by atoms with Crippen LogP contribution in [0.25, 0.3) is 11.3 Å². The van der Waals surface area contributed by atoms with E-state index in [0.29, 0.717) is 30.7 Å². The van der Waals surface area contributed by atoms with E-state index in [9.17, 15) is 9.59 Å². The Balaban J connectivity index is 0.000000837. The summed E-state index contributed by atoms with van der Waals surface area (Å²) in [5.41, 5.74) is 1.43. The Labute approximate surface area is 187 Å². The van der Waals surface area contributed by atoms with Crippen molar-refractivity contribution in [1.82, 2.24) is 15.6 Å². The van der Waals surface area contributed by atoms with Crippen LogP contribution in [0.3, 0.4) is 0 Å². The summed E-state index contributed by atoms with van der Waals surface area (Å²) in [6.45, 7) is 3.81. The molecule has 32 heavy (non-hydrogen) atoms. The van der Waals surface area contributed by atoms with Gasteiger partial charge in [0.15, 0.2) is 12.2 Å². The van der Waals surface area contributed by atoms with Gasteiger partial charge in [-0.1, -0.05) is 19.1 Å². The molecular weight excluding hydrogens is 414 g/mol. The van der Waals surface area contributed by atoms with E-state index in [2.05, 4.69) is 15.6 Å². The fourth-order valence-electron chi connectivity index (χ4n) is 3.58. The zero-order valence-corrected chi connectivity index (χ0v) is 18.7. The third-order valence-electron chi connectivity index (χ3n) is 5.19. The van der Waals surface area contributed by atoms with Crippen molar-refractivity contribution in [2.75, 3.05) is 13.7 Å². The molecule has 0 saturated heterocycles. The molecule has 1 heterocycles. The highest BCUT2D eigenvalue weighted by Crippen LogP contribution is 2.27. The first-order valence-corrected chi connectivity index (χ1v) is 10.7. The number of carbonyl (C=O) groups excluding carboxylic acids is 2. The Morgan fingerprint density at radius 3 is 2.47 bits per heavy atom. The Kier molecular flexibility index (Phi) is 9.87. The normalized spacial score (nSPS) is 19.9. The number of carbonyl (C=O) groups is 3. The number of benzene rings is 1. The number of ether oxygens (including phenoxy) is 1. The van der Waals surface area contributed by atoms with Crippen LogP contribution in [0.4, 0.5) is 0 Å². The van der Waals surface area contributed by atoms with Crippen LogP contribution in [0.5, 0.6) is 0 Å². The Morgan fingerprint density at radius 1 is 1.22 bits per heavy atom. The largest absolute Gasteiger partial charge is 0.481 e. The molecule has 3 N–H and O–H groups in total. The van der Waals surface area contributed by atoms with Crippen LogP contribution in [0.2, 0.25) is 0 Å². The number of carboxylic acids is 1. The van der Waals surface area contributed by atoms with Gasteiger partial charge in [0.1, 0.15) is 0 Å².